The minimum atomic E-state index is 0.362. The Labute approximate surface area is 117 Å². The van der Waals surface area contributed by atoms with Crippen molar-refractivity contribution < 1.29 is 4.74 Å². The molecule has 6 nitrogen and oxygen atoms in total. The molecule has 1 aliphatic carbocycles. The minimum Gasteiger partial charge on any atom is -0.494 e. The summed E-state index contributed by atoms with van der Waals surface area (Å²) in [6.07, 6.45) is 3.45. The van der Waals surface area contributed by atoms with Crippen LogP contribution in [0.3, 0.4) is 0 Å². The maximum absolute atomic E-state index is 5.96. The van der Waals surface area contributed by atoms with Crippen molar-refractivity contribution in [2.24, 2.45) is 5.92 Å². The number of ether oxygens (including phenoxy) is 1. The van der Waals surface area contributed by atoms with E-state index in [-0.39, 0.29) is 0 Å². The highest BCUT2D eigenvalue weighted by Gasteiger charge is 2.27. The van der Waals surface area contributed by atoms with E-state index in [9.17, 15) is 0 Å². The highest BCUT2D eigenvalue weighted by molar-refractivity contribution is 5.73. The molecule has 0 aliphatic heterocycles. The van der Waals surface area contributed by atoms with Gasteiger partial charge in [-0.15, -0.1) is 5.10 Å². The highest BCUT2D eigenvalue weighted by Crippen LogP contribution is 2.38. The second-order valence-corrected chi connectivity index (χ2v) is 5.45. The molecule has 2 unspecified atom stereocenters. The number of hydrogen-bond donors (Lipinski definition) is 1. The second kappa shape index (κ2) is 5.11. The number of tetrazole rings is 1. The molecule has 1 saturated carbocycles. The zero-order chi connectivity index (χ0) is 14.1. The Hall–Kier alpha value is -2.11. The lowest BCUT2D eigenvalue weighted by atomic mass is 10.1. The summed E-state index contributed by atoms with van der Waals surface area (Å²) in [5, 5.41) is 12.2. The van der Waals surface area contributed by atoms with E-state index in [2.05, 4.69) is 22.4 Å². The molecule has 2 aromatic rings. The first-order valence-corrected chi connectivity index (χ1v) is 6.91. The molecule has 3 rings (SSSR count). The Morgan fingerprint density at radius 1 is 1.35 bits per heavy atom. The van der Waals surface area contributed by atoms with E-state index in [1.807, 2.05) is 22.9 Å². The lowest BCUT2D eigenvalue weighted by molar-refractivity contribution is 0.415. The van der Waals surface area contributed by atoms with Gasteiger partial charge < -0.3 is 10.5 Å². The molecular weight excluding hydrogens is 254 g/mol. The third kappa shape index (κ3) is 2.11. The Morgan fingerprint density at radius 2 is 2.20 bits per heavy atom. The molecule has 2 atom stereocenters. The molecule has 106 valence electrons. The van der Waals surface area contributed by atoms with Crippen molar-refractivity contribution in [3.63, 3.8) is 0 Å². The number of nitrogens with two attached hydrogens (primary N) is 1. The zero-order valence-corrected chi connectivity index (χ0v) is 11.8. The van der Waals surface area contributed by atoms with E-state index < -0.39 is 0 Å². The molecular formula is C14H19N5O. The van der Waals surface area contributed by atoms with Crippen molar-refractivity contribution >= 4 is 5.69 Å². The van der Waals surface area contributed by atoms with Crippen molar-refractivity contribution in [3.8, 4) is 17.1 Å². The van der Waals surface area contributed by atoms with Gasteiger partial charge in [-0.2, -0.15) is 0 Å². The summed E-state index contributed by atoms with van der Waals surface area (Å²) in [6.45, 7) is 2.27. The number of rotatable bonds is 3. The van der Waals surface area contributed by atoms with Gasteiger partial charge in [0.2, 0.25) is 0 Å². The van der Waals surface area contributed by atoms with Crippen LogP contribution in [0.4, 0.5) is 5.69 Å². The zero-order valence-electron chi connectivity index (χ0n) is 11.8. The number of para-hydroxylation sites is 1. The van der Waals surface area contributed by atoms with Gasteiger partial charge in [-0.25, -0.2) is 4.68 Å². The summed E-state index contributed by atoms with van der Waals surface area (Å²) in [6, 6.07) is 6.01. The van der Waals surface area contributed by atoms with Crippen LogP contribution in [0.2, 0.25) is 0 Å². The second-order valence-electron chi connectivity index (χ2n) is 5.45. The van der Waals surface area contributed by atoms with Crippen molar-refractivity contribution in [2.75, 3.05) is 12.8 Å². The standard InChI is InChI=1S/C14H19N5O/c1-9-6-7-10(8-9)19-14(16-17-18-19)11-4-3-5-12(15)13(11)20-2/h3-5,9-10H,6-8,15H2,1-2H3. The minimum absolute atomic E-state index is 0.362. The molecule has 1 aromatic heterocycles. The summed E-state index contributed by atoms with van der Waals surface area (Å²) in [5.74, 6) is 2.09. The average Bonchev–Trinajstić information content (AvgIpc) is 3.06. The van der Waals surface area contributed by atoms with Crippen LogP contribution in [0, 0.1) is 5.92 Å². The van der Waals surface area contributed by atoms with Gasteiger partial charge in [0.1, 0.15) is 0 Å². The number of anilines is 1. The fourth-order valence-electron chi connectivity index (χ4n) is 2.97. The third-order valence-corrected chi connectivity index (χ3v) is 4.00. The van der Waals surface area contributed by atoms with Gasteiger partial charge in [-0.1, -0.05) is 13.0 Å². The molecule has 0 bridgehead atoms. The summed E-state index contributed by atoms with van der Waals surface area (Å²) < 4.78 is 7.32. The SMILES string of the molecule is COc1c(N)cccc1-c1nnnn1C1CCC(C)C1. The smallest absolute Gasteiger partial charge is 0.186 e. The van der Waals surface area contributed by atoms with E-state index in [0.717, 1.165) is 30.1 Å². The van der Waals surface area contributed by atoms with Crippen LogP contribution in [-0.2, 0) is 0 Å². The monoisotopic (exact) mass is 273 g/mol. The first-order chi connectivity index (χ1) is 9.70. The summed E-state index contributed by atoms with van der Waals surface area (Å²) in [4.78, 5) is 0. The van der Waals surface area contributed by atoms with E-state index in [1.165, 1.54) is 6.42 Å². The van der Waals surface area contributed by atoms with Crippen molar-refractivity contribution in [1.82, 2.24) is 20.2 Å². The first-order valence-electron chi connectivity index (χ1n) is 6.91. The summed E-state index contributed by atoms with van der Waals surface area (Å²) in [7, 11) is 1.61. The van der Waals surface area contributed by atoms with Crippen LogP contribution < -0.4 is 10.5 Å². The average molecular weight is 273 g/mol. The predicted octanol–water partition coefficient (Wildman–Crippen LogP) is 2.29. The molecule has 0 saturated heterocycles. The lowest BCUT2D eigenvalue weighted by Gasteiger charge is -2.14. The van der Waals surface area contributed by atoms with Gasteiger partial charge in [0.25, 0.3) is 0 Å². The Bertz CT molecular complexity index is 609. The number of benzene rings is 1. The molecule has 20 heavy (non-hydrogen) atoms. The van der Waals surface area contributed by atoms with Crippen molar-refractivity contribution in [3.05, 3.63) is 18.2 Å². The van der Waals surface area contributed by atoms with Crippen LogP contribution in [0.15, 0.2) is 18.2 Å². The normalized spacial score (nSPS) is 22.1. The van der Waals surface area contributed by atoms with Gasteiger partial charge in [0.05, 0.1) is 24.4 Å². The van der Waals surface area contributed by atoms with Crippen molar-refractivity contribution in [2.45, 2.75) is 32.2 Å². The molecule has 1 aromatic carbocycles. The van der Waals surface area contributed by atoms with Gasteiger partial charge in [0, 0.05) is 0 Å². The largest absolute Gasteiger partial charge is 0.494 e. The van der Waals surface area contributed by atoms with Crippen LogP contribution in [0.5, 0.6) is 5.75 Å². The molecule has 6 heteroatoms. The van der Waals surface area contributed by atoms with Crippen LogP contribution >= 0.6 is 0 Å². The Morgan fingerprint density at radius 3 is 2.90 bits per heavy atom. The molecule has 0 spiro atoms. The molecule has 0 amide bonds. The Kier molecular flexibility index (Phi) is 3.30. The number of aromatic nitrogens is 4. The maximum atomic E-state index is 5.96. The van der Waals surface area contributed by atoms with Crippen LogP contribution in [-0.4, -0.2) is 27.3 Å². The first kappa shape index (κ1) is 12.9. The fourth-order valence-corrected chi connectivity index (χ4v) is 2.97. The van der Waals surface area contributed by atoms with Crippen LogP contribution in [0.25, 0.3) is 11.4 Å². The highest BCUT2D eigenvalue weighted by atomic mass is 16.5. The summed E-state index contributed by atoms with van der Waals surface area (Å²) >= 11 is 0. The molecule has 1 fully saturated rings. The van der Waals surface area contributed by atoms with Gasteiger partial charge in [-0.05, 0) is 47.7 Å². The van der Waals surface area contributed by atoms with E-state index >= 15 is 0 Å². The lowest BCUT2D eigenvalue weighted by Crippen LogP contribution is -2.10. The molecule has 2 N–H and O–H groups in total. The number of hydrogen-bond acceptors (Lipinski definition) is 5. The van der Waals surface area contributed by atoms with Gasteiger partial charge >= 0.3 is 0 Å². The third-order valence-electron chi connectivity index (χ3n) is 4.00. The number of nitrogen functional groups attached to an aromatic ring is 1. The summed E-state index contributed by atoms with van der Waals surface area (Å²) in [5.41, 5.74) is 7.40. The van der Waals surface area contributed by atoms with E-state index in [1.54, 1.807) is 7.11 Å². The maximum Gasteiger partial charge on any atom is 0.186 e. The van der Waals surface area contributed by atoms with Gasteiger partial charge in [-0.3, -0.25) is 0 Å². The quantitative estimate of drug-likeness (QED) is 0.868. The van der Waals surface area contributed by atoms with Gasteiger partial charge in [0.15, 0.2) is 11.6 Å². The molecule has 0 radical (unpaired) electrons. The van der Waals surface area contributed by atoms with Crippen molar-refractivity contribution in [1.29, 1.82) is 0 Å². The molecule has 1 aliphatic rings. The van der Waals surface area contributed by atoms with E-state index in [4.69, 9.17) is 10.5 Å². The topological polar surface area (TPSA) is 78.8 Å². The Balaban J connectivity index is 2.04. The van der Waals surface area contributed by atoms with E-state index in [0.29, 0.717) is 17.5 Å². The number of nitrogens with zero attached hydrogens (tertiary/aromatic N) is 4. The predicted molar refractivity (Wildman–Crippen MR) is 76.3 cm³/mol. The molecule has 1 heterocycles. The fraction of sp³-hybridized carbons (Fsp3) is 0.500. The number of methoxy groups -OCH3 is 1. The van der Waals surface area contributed by atoms with Crippen LogP contribution in [0.1, 0.15) is 32.2 Å².